The van der Waals surface area contributed by atoms with E-state index in [1.54, 1.807) is 29.0 Å². The van der Waals surface area contributed by atoms with Crippen molar-refractivity contribution >= 4 is 27.9 Å². The number of phenolic OH excluding ortho intramolecular Hbond substituents is 1. The molecular formula is C17H14N6O. The van der Waals surface area contributed by atoms with Crippen LogP contribution in [0.4, 0.5) is 5.82 Å². The van der Waals surface area contributed by atoms with E-state index in [-0.39, 0.29) is 5.75 Å². The Morgan fingerprint density at radius 2 is 1.96 bits per heavy atom. The highest BCUT2D eigenvalue weighted by Crippen LogP contribution is 2.24. The summed E-state index contributed by atoms with van der Waals surface area (Å²) in [6, 6.07) is 14.8. The highest BCUT2D eigenvalue weighted by atomic mass is 16.3. The van der Waals surface area contributed by atoms with Crippen LogP contribution in [0.1, 0.15) is 12.5 Å². The van der Waals surface area contributed by atoms with Gasteiger partial charge in [0.2, 0.25) is 0 Å². The summed E-state index contributed by atoms with van der Waals surface area (Å²) >= 11 is 0. The second-order valence-corrected chi connectivity index (χ2v) is 5.35. The first-order valence-electron chi connectivity index (χ1n) is 7.41. The molecule has 0 saturated carbocycles. The van der Waals surface area contributed by atoms with Crippen LogP contribution in [-0.4, -0.2) is 30.6 Å². The SMILES string of the molecule is CC(=NNc1nn2cnnc2c2ccccc12)c1cccc(O)c1. The van der Waals surface area contributed by atoms with Crippen LogP contribution in [0, 0.1) is 0 Å². The molecule has 0 fully saturated rings. The largest absolute Gasteiger partial charge is 0.508 e. The summed E-state index contributed by atoms with van der Waals surface area (Å²) in [5.74, 6) is 0.814. The van der Waals surface area contributed by atoms with Gasteiger partial charge in [-0.1, -0.05) is 36.4 Å². The topological polar surface area (TPSA) is 87.7 Å². The predicted octanol–water partition coefficient (Wildman–Crippen LogP) is 2.82. The molecule has 0 radical (unpaired) electrons. The molecule has 24 heavy (non-hydrogen) atoms. The van der Waals surface area contributed by atoms with E-state index in [1.807, 2.05) is 37.3 Å². The lowest BCUT2D eigenvalue weighted by molar-refractivity contribution is 0.475. The van der Waals surface area contributed by atoms with Crippen LogP contribution in [0.3, 0.4) is 0 Å². The number of nitrogens with zero attached hydrogens (tertiary/aromatic N) is 5. The number of nitrogens with one attached hydrogen (secondary N) is 1. The molecule has 0 aliphatic carbocycles. The van der Waals surface area contributed by atoms with Crippen molar-refractivity contribution in [1.82, 2.24) is 19.8 Å². The average molecular weight is 318 g/mol. The Morgan fingerprint density at radius 1 is 1.12 bits per heavy atom. The molecule has 2 heterocycles. The third-order valence-electron chi connectivity index (χ3n) is 3.75. The Kier molecular flexibility index (Phi) is 3.31. The summed E-state index contributed by atoms with van der Waals surface area (Å²) in [4.78, 5) is 0. The van der Waals surface area contributed by atoms with Gasteiger partial charge in [-0.25, -0.2) is 0 Å². The van der Waals surface area contributed by atoms with Crippen LogP contribution < -0.4 is 5.43 Å². The van der Waals surface area contributed by atoms with E-state index in [4.69, 9.17) is 0 Å². The quantitative estimate of drug-likeness (QED) is 0.448. The van der Waals surface area contributed by atoms with Gasteiger partial charge in [-0.3, -0.25) is 5.43 Å². The van der Waals surface area contributed by atoms with Gasteiger partial charge < -0.3 is 5.11 Å². The van der Waals surface area contributed by atoms with Crippen molar-refractivity contribution in [2.45, 2.75) is 6.92 Å². The van der Waals surface area contributed by atoms with Crippen LogP contribution in [0.5, 0.6) is 5.75 Å². The van der Waals surface area contributed by atoms with Gasteiger partial charge in [-0.05, 0) is 19.1 Å². The number of hydrogen-bond donors (Lipinski definition) is 2. The molecule has 4 aromatic rings. The molecule has 2 N–H and O–H groups in total. The number of phenols is 1. The van der Waals surface area contributed by atoms with E-state index < -0.39 is 0 Å². The molecule has 0 amide bonds. The number of hydrogen-bond acceptors (Lipinski definition) is 6. The second kappa shape index (κ2) is 5.62. The number of benzene rings is 2. The minimum Gasteiger partial charge on any atom is -0.508 e. The fourth-order valence-electron chi connectivity index (χ4n) is 2.54. The maximum absolute atomic E-state index is 9.58. The molecule has 0 aliphatic heterocycles. The molecular weight excluding hydrogens is 304 g/mol. The minimum atomic E-state index is 0.205. The molecule has 0 spiro atoms. The third kappa shape index (κ3) is 2.41. The van der Waals surface area contributed by atoms with E-state index in [2.05, 4.69) is 25.8 Å². The summed E-state index contributed by atoms with van der Waals surface area (Å²) in [7, 11) is 0. The van der Waals surface area contributed by atoms with Crippen molar-refractivity contribution in [3.05, 3.63) is 60.4 Å². The predicted molar refractivity (Wildman–Crippen MR) is 92.2 cm³/mol. The van der Waals surface area contributed by atoms with Crippen LogP contribution in [0.15, 0.2) is 60.0 Å². The van der Waals surface area contributed by atoms with E-state index in [0.717, 1.165) is 22.0 Å². The molecule has 0 atom stereocenters. The fourth-order valence-corrected chi connectivity index (χ4v) is 2.54. The Hall–Kier alpha value is -3.48. The number of anilines is 1. The zero-order chi connectivity index (χ0) is 16.5. The normalized spacial score (nSPS) is 12.0. The standard InChI is InChI=1S/C17H14N6O/c1-11(12-5-4-6-13(24)9-12)19-20-16-14-7-2-3-8-15(14)17-21-18-10-23(17)22-16/h2-10,24H,1H3,(H,20,22). The third-order valence-corrected chi connectivity index (χ3v) is 3.75. The molecule has 0 bridgehead atoms. The molecule has 7 heteroatoms. The summed E-state index contributed by atoms with van der Waals surface area (Å²) in [6.07, 6.45) is 1.55. The van der Waals surface area contributed by atoms with E-state index in [0.29, 0.717) is 11.5 Å². The van der Waals surface area contributed by atoms with Gasteiger partial charge in [-0.2, -0.15) is 9.62 Å². The van der Waals surface area contributed by atoms with Crippen molar-refractivity contribution in [2.24, 2.45) is 5.10 Å². The van der Waals surface area contributed by atoms with Crippen molar-refractivity contribution in [3.63, 3.8) is 0 Å². The van der Waals surface area contributed by atoms with Crippen molar-refractivity contribution in [3.8, 4) is 5.75 Å². The van der Waals surface area contributed by atoms with Gasteiger partial charge in [0.15, 0.2) is 11.5 Å². The van der Waals surface area contributed by atoms with Crippen LogP contribution in [-0.2, 0) is 0 Å². The van der Waals surface area contributed by atoms with Gasteiger partial charge in [0.1, 0.15) is 12.1 Å². The number of rotatable bonds is 3. The molecule has 7 nitrogen and oxygen atoms in total. The van der Waals surface area contributed by atoms with Crippen molar-refractivity contribution in [2.75, 3.05) is 5.43 Å². The maximum Gasteiger partial charge on any atom is 0.185 e. The number of aromatic nitrogens is 4. The Balaban J connectivity index is 1.77. The zero-order valence-corrected chi connectivity index (χ0v) is 12.9. The first kappa shape index (κ1) is 14.1. The van der Waals surface area contributed by atoms with E-state index in [1.165, 1.54) is 0 Å². The highest BCUT2D eigenvalue weighted by molar-refractivity contribution is 6.02. The van der Waals surface area contributed by atoms with E-state index in [9.17, 15) is 5.11 Å². The lowest BCUT2D eigenvalue weighted by Crippen LogP contribution is -2.03. The molecule has 0 unspecified atom stereocenters. The number of aromatic hydroxyl groups is 1. The highest BCUT2D eigenvalue weighted by Gasteiger charge is 2.09. The van der Waals surface area contributed by atoms with Crippen molar-refractivity contribution < 1.29 is 5.11 Å². The minimum absolute atomic E-state index is 0.205. The summed E-state index contributed by atoms with van der Waals surface area (Å²) in [5.41, 5.74) is 5.27. The molecule has 2 aromatic carbocycles. The Bertz CT molecular complexity index is 1070. The van der Waals surface area contributed by atoms with Crippen LogP contribution >= 0.6 is 0 Å². The van der Waals surface area contributed by atoms with Crippen molar-refractivity contribution in [1.29, 1.82) is 0 Å². The number of fused-ring (bicyclic) bond motifs is 3. The Morgan fingerprint density at radius 3 is 2.79 bits per heavy atom. The molecule has 0 aliphatic rings. The summed E-state index contributed by atoms with van der Waals surface area (Å²) < 4.78 is 1.61. The first-order valence-corrected chi connectivity index (χ1v) is 7.41. The van der Waals surface area contributed by atoms with Crippen LogP contribution in [0.2, 0.25) is 0 Å². The van der Waals surface area contributed by atoms with E-state index >= 15 is 0 Å². The van der Waals surface area contributed by atoms with Crippen LogP contribution in [0.25, 0.3) is 16.4 Å². The average Bonchev–Trinajstić information content (AvgIpc) is 3.08. The lowest BCUT2D eigenvalue weighted by Gasteiger charge is -2.07. The second-order valence-electron chi connectivity index (χ2n) is 5.35. The monoisotopic (exact) mass is 318 g/mol. The van der Waals surface area contributed by atoms with Gasteiger partial charge in [-0.15, -0.1) is 15.3 Å². The molecule has 118 valence electrons. The smallest absolute Gasteiger partial charge is 0.185 e. The van der Waals surface area contributed by atoms with Gasteiger partial charge in [0.25, 0.3) is 0 Å². The van der Waals surface area contributed by atoms with Gasteiger partial charge in [0.05, 0.1) is 5.71 Å². The zero-order valence-electron chi connectivity index (χ0n) is 12.9. The summed E-state index contributed by atoms with van der Waals surface area (Å²) in [6.45, 7) is 1.86. The van der Waals surface area contributed by atoms with Gasteiger partial charge in [0, 0.05) is 16.3 Å². The summed E-state index contributed by atoms with van der Waals surface area (Å²) in [5, 5.41) is 28.3. The van der Waals surface area contributed by atoms with Gasteiger partial charge >= 0.3 is 0 Å². The Labute approximate surface area is 137 Å². The fraction of sp³-hybridized carbons (Fsp3) is 0.0588. The molecule has 2 aromatic heterocycles. The first-order chi connectivity index (χ1) is 11.7. The number of hydrazone groups is 1. The maximum atomic E-state index is 9.58. The lowest BCUT2D eigenvalue weighted by atomic mass is 10.1. The molecule has 4 rings (SSSR count). The molecule has 0 saturated heterocycles.